The highest BCUT2D eigenvalue weighted by molar-refractivity contribution is 5.75. The van der Waals surface area contributed by atoms with E-state index < -0.39 is 24.1 Å². The van der Waals surface area contributed by atoms with Crippen molar-refractivity contribution in [2.24, 2.45) is 17.6 Å². The highest BCUT2D eigenvalue weighted by atomic mass is 16.6. The van der Waals surface area contributed by atoms with Crippen LogP contribution in [0, 0.1) is 11.8 Å². The lowest BCUT2D eigenvalue weighted by atomic mass is 10.1. The van der Waals surface area contributed by atoms with Crippen LogP contribution in [-0.4, -0.2) is 42.4 Å². The summed E-state index contributed by atoms with van der Waals surface area (Å²) in [4.78, 5) is 22.9. The van der Waals surface area contributed by atoms with Crippen LogP contribution < -0.4 is 5.73 Å². The van der Waals surface area contributed by atoms with Gasteiger partial charge in [0.1, 0.15) is 6.04 Å². The minimum Gasteiger partial charge on any atom is -0.464 e. The molecule has 0 rings (SSSR count). The highest BCUT2D eigenvalue weighted by Gasteiger charge is 2.18. The molecule has 2 unspecified atom stereocenters. The summed E-state index contributed by atoms with van der Waals surface area (Å²) in [6.07, 6.45) is 0.250. The van der Waals surface area contributed by atoms with Gasteiger partial charge in [-0.15, -0.1) is 0 Å². The first-order valence-corrected chi connectivity index (χ1v) is 7.51. The maximum Gasteiger partial charge on any atom is 0.334 e. The Labute approximate surface area is 127 Å². The van der Waals surface area contributed by atoms with Crippen LogP contribution in [0.3, 0.4) is 0 Å². The Morgan fingerprint density at radius 2 is 1.43 bits per heavy atom. The maximum absolute atomic E-state index is 11.5. The topological polar surface area (TPSA) is 98.9 Å². The molecule has 6 nitrogen and oxygen atoms in total. The molecule has 0 radical (unpaired) electrons. The van der Waals surface area contributed by atoms with Crippen molar-refractivity contribution in [3.63, 3.8) is 0 Å². The molecule has 0 bridgehead atoms. The molecule has 0 aliphatic rings. The first-order chi connectivity index (χ1) is 9.73. The molecule has 2 atom stereocenters. The van der Waals surface area contributed by atoms with E-state index >= 15 is 0 Å². The fourth-order valence-electron chi connectivity index (χ4n) is 1.75. The normalized spacial score (nSPS) is 14.1. The second kappa shape index (κ2) is 10.6. The van der Waals surface area contributed by atoms with E-state index in [1.54, 1.807) is 0 Å². The van der Waals surface area contributed by atoms with Crippen LogP contribution in [-0.2, 0) is 19.1 Å². The summed E-state index contributed by atoms with van der Waals surface area (Å²) < 4.78 is 9.89. The summed E-state index contributed by atoms with van der Waals surface area (Å²) >= 11 is 0. The first kappa shape index (κ1) is 19.9. The second-order valence-electron chi connectivity index (χ2n) is 6.07. The number of aliphatic hydroxyl groups is 1. The van der Waals surface area contributed by atoms with E-state index in [0.717, 1.165) is 0 Å². The van der Waals surface area contributed by atoms with Crippen LogP contribution in [0.5, 0.6) is 0 Å². The third-order valence-corrected chi connectivity index (χ3v) is 2.77. The average molecular weight is 303 g/mol. The summed E-state index contributed by atoms with van der Waals surface area (Å²) in [5.74, 6) is -0.520. The highest BCUT2D eigenvalue weighted by Crippen LogP contribution is 2.06. The molecule has 21 heavy (non-hydrogen) atoms. The van der Waals surface area contributed by atoms with Crippen LogP contribution in [0.2, 0.25) is 0 Å². The molecule has 0 aromatic carbocycles. The van der Waals surface area contributed by atoms with Crippen molar-refractivity contribution in [2.75, 3.05) is 13.2 Å². The van der Waals surface area contributed by atoms with Gasteiger partial charge in [0.25, 0.3) is 0 Å². The fraction of sp³-hybridized carbons (Fsp3) is 0.867. The Bertz CT molecular complexity index is 287. The molecular weight excluding hydrogens is 274 g/mol. The number of ether oxygens (including phenoxy) is 2. The van der Waals surface area contributed by atoms with Crippen LogP contribution in [0.1, 0.15) is 47.0 Å². The Kier molecular flexibility index (Phi) is 9.99. The molecule has 0 aliphatic carbocycles. The van der Waals surface area contributed by atoms with Gasteiger partial charge in [-0.1, -0.05) is 27.7 Å². The van der Waals surface area contributed by atoms with Crippen molar-refractivity contribution in [2.45, 2.75) is 59.1 Å². The summed E-state index contributed by atoms with van der Waals surface area (Å²) in [6.45, 7) is 8.05. The van der Waals surface area contributed by atoms with E-state index in [4.69, 9.17) is 15.2 Å². The lowest BCUT2D eigenvalue weighted by Crippen LogP contribution is -2.34. The number of hydrogen-bond acceptors (Lipinski definition) is 6. The molecule has 0 aliphatic heterocycles. The van der Waals surface area contributed by atoms with Gasteiger partial charge in [0.2, 0.25) is 0 Å². The van der Waals surface area contributed by atoms with Crippen molar-refractivity contribution in [3.05, 3.63) is 0 Å². The second-order valence-corrected chi connectivity index (χ2v) is 6.07. The van der Waals surface area contributed by atoms with Crippen LogP contribution in [0.15, 0.2) is 0 Å². The summed E-state index contributed by atoms with van der Waals surface area (Å²) in [7, 11) is 0. The van der Waals surface area contributed by atoms with Crippen molar-refractivity contribution in [1.29, 1.82) is 0 Å². The zero-order chi connectivity index (χ0) is 16.4. The zero-order valence-electron chi connectivity index (χ0n) is 13.5. The number of rotatable bonds is 10. The SMILES string of the molecule is CC(C)CC(N)C(=O)OCCCOC(=O)C(O)CC(C)C. The van der Waals surface area contributed by atoms with Gasteiger partial charge in [0.15, 0.2) is 6.10 Å². The van der Waals surface area contributed by atoms with Crippen molar-refractivity contribution in [1.82, 2.24) is 0 Å². The Hall–Kier alpha value is -1.14. The average Bonchev–Trinajstić information content (AvgIpc) is 2.36. The summed E-state index contributed by atoms with van der Waals surface area (Å²) in [5.41, 5.74) is 5.67. The predicted octanol–water partition coefficient (Wildman–Crippen LogP) is 1.24. The smallest absolute Gasteiger partial charge is 0.334 e. The van der Waals surface area contributed by atoms with E-state index in [2.05, 4.69) is 0 Å². The Morgan fingerprint density at radius 3 is 1.90 bits per heavy atom. The number of esters is 2. The van der Waals surface area contributed by atoms with E-state index in [-0.39, 0.29) is 19.1 Å². The number of carbonyl (C=O) groups is 2. The van der Waals surface area contributed by atoms with Gasteiger partial charge in [-0.05, 0) is 24.7 Å². The van der Waals surface area contributed by atoms with Gasteiger partial charge < -0.3 is 20.3 Å². The first-order valence-electron chi connectivity index (χ1n) is 7.51. The quantitative estimate of drug-likeness (QED) is 0.465. The van der Waals surface area contributed by atoms with E-state index in [9.17, 15) is 14.7 Å². The van der Waals surface area contributed by atoms with Gasteiger partial charge in [0, 0.05) is 6.42 Å². The van der Waals surface area contributed by atoms with Crippen LogP contribution >= 0.6 is 0 Å². The molecule has 0 saturated heterocycles. The molecule has 0 amide bonds. The van der Waals surface area contributed by atoms with Crippen molar-refractivity contribution in [3.8, 4) is 0 Å². The lowest BCUT2D eigenvalue weighted by molar-refractivity contribution is -0.155. The molecule has 3 N–H and O–H groups in total. The molecule has 0 aromatic heterocycles. The monoisotopic (exact) mass is 303 g/mol. The third-order valence-electron chi connectivity index (χ3n) is 2.77. The Balaban J connectivity index is 3.72. The van der Waals surface area contributed by atoms with E-state index in [1.807, 2.05) is 27.7 Å². The molecule has 0 heterocycles. The third kappa shape index (κ3) is 10.3. The number of carbonyl (C=O) groups excluding carboxylic acids is 2. The minimum absolute atomic E-state index is 0.112. The molecule has 0 aromatic rings. The lowest BCUT2D eigenvalue weighted by Gasteiger charge is -2.14. The molecule has 0 spiro atoms. The Morgan fingerprint density at radius 1 is 0.952 bits per heavy atom. The van der Waals surface area contributed by atoms with Gasteiger partial charge in [0.05, 0.1) is 13.2 Å². The predicted molar refractivity (Wildman–Crippen MR) is 79.4 cm³/mol. The van der Waals surface area contributed by atoms with Gasteiger partial charge in [-0.25, -0.2) is 4.79 Å². The molecule has 6 heteroatoms. The summed E-state index contributed by atoms with van der Waals surface area (Å²) in [5, 5.41) is 9.51. The largest absolute Gasteiger partial charge is 0.464 e. The standard InChI is InChI=1S/C15H29NO5/c1-10(2)8-12(16)14(18)20-6-5-7-21-15(19)13(17)9-11(3)4/h10-13,17H,5-9,16H2,1-4H3. The number of hydrogen-bond donors (Lipinski definition) is 2. The minimum atomic E-state index is -1.09. The van der Waals surface area contributed by atoms with Crippen LogP contribution in [0.4, 0.5) is 0 Å². The molecule has 0 saturated carbocycles. The number of aliphatic hydroxyl groups excluding tert-OH is 1. The zero-order valence-corrected chi connectivity index (χ0v) is 13.5. The van der Waals surface area contributed by atoms with E-state index in [0.29, 0.717) is 25.2 Å². The fourth-order valence-corrected chi connectivity index (χ4v) is 1.75. The van der Waals surface area contributed by atoms with Crippen LogP contribution in [0.25, 0.3) is 0 Å². The van der Waals surface area contributed by atoms with E-state index in [1.165, 1.54) is 0 Å². The maximum atomic E-state index is 11.5. The van der Waals surface area contributed by atoms with Crippen molar-refractivity contribution < 1.29 is 24.2 Å². The summed E-state index contributed by atoms with van der Waals surface area (Å²) in [6, 6.07) is -0.611. The van der Waals surface area contributed by atoms with Crippen molar-refractivity contribution >= 4 is 11.9 Å². The number of nitrogens with two attached hydrogens (primary N) is 1. The van der Waals surface area contributed by atoms with Gasteiger partial charge >= 0.3 is 11.9 Å². The van der Waals surface area contributed by atoms with Gasteiger partial charge in [-0.2, -0.15) is 0 Å². The molecule has 124 valence electrons. The molecular formula is C15H29NO5. The van der Waals surface area contributed by atoms with Gasteiger partial charge in [-0.3, -0.25) is 4.79 Å². The molecule has 0 fully saturated rings.